The molecule has 0 spiro atoms. The van der Waals surface area contributed by atoms with E-state index in [1.54, 1.807) is 0 Å². The number of hydrogen-bond acceptors (Lipinski definition) is 2. The summed E-state index contributed by atoms with van der Waals surface area (Å²) in [6, 6.07) is 8.50. The van der Waals surface area contributed by atoms with Crippen LogP contribution in [-0.4, -0.2) is 16.8 Å². The minimum absolute atomic E-state index is 0.172. The van der Waals surface area contributed by atoms with Crippen molar-refractivity contribution in [2.45, 2.75) is 19.9 Å². The third-order valence-corrected chi connectivity index (χ3v) is 2.89. The van der Waals surface area contributed by atoms with Crippen LogP contribution >= 0.6 is 0 Å². The molecule has 17 heavy (non-hydrogen) atoms. The standard InChI is InChI=1S/C14H19N3/c1-10(2)9-12(15-3)14-11-7-5-6-8-13(11)17(4)16-14/h5-9,12,15H,1-4H3. The van der Waals surface area contributed by atoms with Crippen molar-refractivity contribution in [3.05, 3.63) is 41.6 Å². The molecule has 0 amide bonds. The van der Waals surface area contributed by atoms with Crippen molar-refractivity contribution >= 4 is 10.9 Å². The van der Waals surface area contributed by atoms with E-state index in [4.69, 9.17) is 0 Å². The summed E-state index contributed by atoms with van der Waals surface area (Å²) in [5, 5.41) is 9.14. The lowest BCUT2D eigenvalue weighted by molar-refractivity contribution is 0.661. The highest BCUT2D eigenvalue weighted by Crippen LogP contribution is 2.24. The van der Waals surface area contributed by atoms with Crippen molar-refractivity contribution in [3.63, 3.8) is 0 Å². The lowest BCUT2D eigenvalue weighted by Gasteiger charge is -2.10. The minimum Gasteiger partial charge on any atom is -0.308 e. The molecule has 1 N–H and O–H groups in total. The Balaban J connectivity index is 2.58. The van der Waals surface area contributed by atoms with E-state index in [2.05, 4.69) is 48.5 Å². The van der Waals surface area contributed by atoms with E-state index < -0.39 is 0 Å². The highest BCUT2D eigenvalue weighted by Gasteiger charge is 2.14. The van der Waals surface area contributed by atoms with Gasteiger partial charge in [-0.3, -0.25) is 4.68 Å². The molecule has 0 aliphatic heterocycles. The smallest absolute Gasteiger partial charge is 0.0911 e. The van der Waals surface area contributed by atoms with E-state index in [0.29, 0.717) is 0 Å². The fourth-order valence-corrected chi connectivity index (χ4v) is 2.10. The van der Waals surface area contributed by atoms with Crippen LogP contribution in [-0.2, 0) is 7.05 Å². The Morgan fingerprint density at radius 3 is 2.71 bits per heavy atom. The predicted molar refractivity (Wildman–Crippen MR) is 71.9 cm³/mol. The summed E-state index contributed by atoms with van der Waals surface area (Å²) in [5.74, 6) is 0. The third kappa shape index (κ3) is 2.24. The number of benzene rings is 1. The van der Waals surface area contributed by atoms with Crippen molar-refractivity contribution in [1.29, 1.82) is 0 Å². The zero-order chi connectivity index (χ0) is 12.4. The molecule has 1 unspecified atom stereocenters. The largest absolute Gasteiger partial charge is 0.308 e. The molecule has 2 rings (SSSR count). The first kappa shape index (κ1) is 11.9. The zero-order valence-corrected chi connectivity index (χ0v) is 10.9. The number of aryl methyl sites for hydroxylation is 1. The number of para-hydroxylation sites is 1. The van der Waals surface area contributed by atoms with Crippen LogP contribution in [0.25, 0.3) is 10.9 Å². The van der Waals surface area contributed by atoms with Crippen LogP contribution in [0.1, 0.15) is 25.6 Å². The Labute approximate surface area is 102 Å². The predicted octanol–water partition coefficient (Wildman–Crippen LogP) is 2.80. The number of rotatable bonds is 3. The van der Waals surface area contributed by atoms with E-state index in [1.807, 2.05) is 24.8 Å². The first-order valence-electron chi connectivity index (χ1n) is 5.87. The lowest BCUT2D eigenvalue weighted by Crippen LogP contribution is -2.15. The van der Waals surface area contributed by atoms with Gasteiger partial charge in [0.2, 0.25) is 0 Å². The first-order chi connectivity index (χ1) is 8.13. The quantitative estimate of drug-likeness (QED) is 0.820. The maximum absolute atomic E-state index is 4.62. The number of fused-ring (bicyclic) bond motifs is 1. The van der Waals surface area contributed by atoms with Crippen LogP contribution in [0, 0.1) is 0 Å². The number of nitrogens with one attached hydrogen (secondary N) is 1. The fourth-order valence-electron chi connectivity index (χ4n) is 2.10. The Morgan fingerprint density at radius 1 is 1.35 bits per heavy atom. The van der Waals surface area contributed by atoms with Gasteiger partial charge in [0.1, 0.15) is 0 Å². The van der Waals surface area contributed by atoms with E-state index in [0.717, 1.165) is 5.69 Å². The topological polar surface area (TPSA) is 29.9 Å². The van der Waals surface area contributed by atoms with Crippen LogP contribution in [0.3, 0.4) is 0 Å². The lowest BCUT2D eigenvalue weighted by atomic mass is 10.1. The molecule has 1 atom stereocenters. The van der Waals surface area contributed by atoms with Crippen LogP contribution in [0.4, 0.5) is 0 Å². The summed E-state index contributed by atoms with van der Waals surface area (Å²) in [6.07, 6.45) is 2.20. The molecule has 0 saturated carbocycles. The second kappa shape index (κ2) is 4.72. The van der Waals surface area contributed by atoms with Crippen molar-refractivity contribution in [3.8, 4) is 0 Å². The van der Waals surface area contributed by atoms with Gasteiger partial charge in [-0.1, -0.05) is 29.8 Å². The van der Waals surface area contributed by atoms with Gasteiger partial charge in [-0.15, -0.1) is 0 Å². The Morgan fingerprint density at radius 2 is 2.06 bits per heavy atom. The summed E-state index contributed by atoms with van der Waals surface area (Å²) in [5.41, 5.74) is 3.55. The fraction of sp³-hybridized carbons (Fsp3) is 0.357. The number of likely N-dealkylation sites (N-methyl/N-ethyl adjacent to an activating group) is 1. The average molecular weight is 229 g/mol. The van der Waals surface area contributed by atoms with Crippen molar-refractivity contribution in [2.75, 3.05) is 7.05 Å². The van der Waals surface area contributed by atoms with E-state index in [1.165, 1.54) is 16.5 Å². The van der Waals surface area contributed by atoms with Gasteiger partial charge < -0.3 is 5.32 Å². The van der Waals surface area contributed by atoms with Crippen LogP contribution in [0.2, 0.25) is 0 Å². The van der Waals surface area contributed by atoms with Gasteiger partial charge in [0.05, 0.1) is 17.3 Å². The summed E-state index contributed by atoms with van der Waals surface area (Å²) < 4.78 is 1.94. The van der Waals surface area contributed by atoms with Crippen molar-refractivity contribution in [1.82, 2.24) is 15.1 Å². The molecule has 1 aromatic carbocycles. The Bertz CT molecular complexity index is 548. The molecule has 3 heteroatoms. The van der Waals surface area contributed by atoms with E-state index >= 15 is 0 Å². The van der Waals surface area contributed by atoms with Gasteiger partial charge in [-0.2, -0.15) is 5.10 Å². The minimum atomic E-state index is 0.172. The SMILES string of the molecule is CNC(C=C(C)C)c1nn(C)c2ccccc12. The molecule has 0 bridgehead atoms. The highest BCUT2D eigenvalue weighted by molar-refractivity contribution is 5.82. The molecule has 0 aliphatic carbocycles. The highest BCUT2D eigenvalue weighted by atomic mass is 15.3. The third-order valence-electron chi connectivity index (χ3n) is 2.89. The monoisotopic (exact) mass is 229 g/mol. The number of allylic oxidation sites excluding steroid dienone is 1. The summed E-state index contributed by atoms with van der Waals surface area (Å²) in [7, 11) is 3.95. The summed E-state index contributed by atoms with van der Waals surface area (Å²) >= 11 is 0. The first-order valence-corrected chi connectivity index (χ1v) is 5.87. The zero-order valence-electron chi connectivity index (χ0n) is 10.9. The molecule has 1 aromatic heterocycles. The molecule has 0 radical (unpaired) electrons. The molecule has 0 aliphatic rings. The molecular formula is C14H19N3. The average Bonchev–Trinajstić information content (AvgIpc) is 2.64. The van der Waals surface area contributed by atoms with Crippen molar-refractivity contribution in [2.24, 2.45) is 7.05 Å². The van der Waals surface area contributed by atoms with Gasteiger partial charge >= 0.3 is 0 Å². The second-order valence-electron chi connectivity index (χ2n) is 4.54. The van der Waals surface area contributed by atoms with E-state index in [9.17, 15) is 0 Å². The van der Waals surface area contributed by atoms with Gasteiger partial charge in [0, 0.05) is 12.4 Å². The molecule has 1 heterocycles. The van der Waals surface area contributed by atoms with Gasteiger partial charge in [-0.05, 0) is 27.0 Å². The maximum atomic E-state index is 4.62. The van der Waals surface area contributed by atoms with Gasteiger partial charge in [0.15, 0.2) is 0 Å². The van der Waals surface area contributed by atoms with Crippen LogP contribution < -0.4 is 5.32 Å². The number of hydrogen-bond donors (Lipinski definition) is 1. The summed E-state index contributed by atoms with van der Waals surface area (Å²) in [6.45, 7) is 4.21. The maximum Gasteiger partial charge on any atom is 0.0911 e. The normalized spacial score (nSPS) is 12.7. The molecule has 90 valence electrons. The van der Waals surface area contributed by atoms with E-state index in [-0.39, 0.29) is 6.04 Å². The second-order valence-corrected chi connectivity index (χ2v) is 4.54. The van der Waals surface area contributed by atoms with Crippen LogP contribution in [0.15, 0.2) is 35.9 Å². The molecule has 2 aromatic rings. The molecular weight excluding hydrogens is 210 g/mol. The Hall–Kier alpha value is -1.61. The molecule has 3 nitrogen and oxygen atoms in total. The van der Waals surface area contributed by atoms with Crippen LogP contribution in [0.5, 0.6) is 0 Å². The van der Waals surface area contributed by atoms with Crippen molar-refractivity contribution < 1.29 is 0 Å². The molecule has 0 fully saturated rings. The number of nitrogens with zero attached hydrogens (tertiary/aromatic N) is 2. The molecule has 0 saturated heterocycles. The Kier molecular flexibility index (Phi) is 3.29. The summed E-state index contributed by atoms with van der Waals surface area (Å²) in [4.78, 5) is 0. The number of aromatic nitrogens is 2. The van der Waals surface area contributed by atoms with Gasteiger partial charge in [-0.25, -0.2) is 0 Å². The van der Waals surface area contributed by atoms with Gasteiger partial charge in [0.25, 0.3) is 0 Å².